The first-order valence-electron chi connectivity index (χ1n) is 8.34. The van der Waals surface area contributed by atoms with Crippen molar-refractivity contribution in [2.45, 2.75) is 36.4 Å². The van der Waals surface area contributed by atoms with Crippen molar-refractivity contribution in [2.24, 2.45) is 0 Å². The fourth-order valence-electron chi connectivity index (χ4n) is 3.86. The lowest BCUT2D eigenvalue weighted by Crippen LogP contribution is -2.63. The van der Waals surface area contributed by atoms with Gasteiger partial charge in [-0.15, -0.1) is 11.8 Å². The van der Waals surface area contributed by atoms with Gasteiger partial charge in [-0.25, -0.2) is 0 Å². The number of rotatable bonds is 1. The molecule has 3 amide bonds. The van der Waals surface area contributed by atoms with E-state index < -0.39 is 10.9 Å². The Morgan fingerprint density at radius 3 is 2.76 bits per heavy atom. The van der Waals surface area contributed by atoms with Gasteiger partial charge in [0, 0.05) is 23.7 Å². The molecule has 6 heteroatoms. The zero-order valence-corrected chi connectivity index (χ0v) is 14.8. The van der Waals surface area contributed by atoms with Crippen LogP contribution in [0.4, 0.5) is 0 Å². The van der Waals surface area contributed by atoms with Crippen LogP contribution in [0, 0.1) is 0 Å². The van der Waals surface area contributed by atoms with E-state index in [2.05, 4.69) is 0 Å². The molecule has 1 saturated heterocycles. The highest BCUT2D eigenvalue weighted by Gasteiger charge is 2.62. The number of thioether (sulfide) groups is 1. The van der Waals surface area contributed by atoms with Gasteiger partial charge in [0.2, 0.25) is 11.8 Å². The number of amides is 3. The summed E-state index contributed by atoms with van der Waals surface area (Å²) in [5.41, 5.74) is 1.35. The number of carbonyl (C=O) groups excluding carboxylic acids is 3. The van der Waals surface area contributed by atoms with Crippen molar-refractivity contribution < 1.29 is 14.4 Å². The van der Waals surface area contributed by atoms with E-state index in [0.29, 0.717) is 5.56 Å². The fraction of sp³-hybridized carbons (Fsp3) is 0.316. The molecule has 3 aliphatic heterocycles. The van der Waals surface area contributed by atoms with Crippen molar-refractivity contribution in [3.63, 3.8) is 0 Å². The maximum atomic E-state index is 13.1. The number of imide groups is 1. The van der Waals surface area contributed by atoms with Gasteiger partial charge in [-0.1, -0.05) is 37.3 Å². The number of hydrogen-bond donors (Lipinski definition) is 0. The summed E-state index contributed by atoms with van der Waals surface area (Å²) in [4.78, 5) is 40.6. The van der Waals surface area contributed by atoms with Crippen molar-refractivity contribution in [2.75, 3.05) is 0 Å². The molecule has 25 heavy (non-hydrogen) atoms. The molecule has 3 unspecified atom stereocenters. The fourth-order valence-corrected chi connectivity index (χ4v) is 5.55. The second-order valence-corrected chi connectivity index (χ2v) is 7.87. The van der Waals surface area contributed by atoms with Crippen LogP contribution in [0.5, 0.6) is 0 Å². The number of nitrogens with zero attached hydrogens (tertiary/aromatic N) is 2. The summed E-state index contributed by atoms with van der Waals surface area (Å²) < 4.78 is 0. The van der Waals surface area contributed by atoms with E-state index in [1.807, 2.05) is 31.2 Å². The third-order valence-corrected chi connectivity index (χ3v) is 6.50. The van der Waals surface area contributed by atoms with Crippen molar-refractivity contribution in [3.05, 3.63) is 59.8 Å². The van der Waals surface area contributed by atoms with Crippen molar-refractivity contribution >= 4 is 29.5 Å². The summed E-state index contributed by atoms with van der Waals surface area (Å²) in [6, 6.07) is 6.93. The SMILES string of the molecule is CCC(=O)N1C(=O)c2ccccc2C12SC(C)C(=O)N1C=CC=CC12. The molecule has 1 aromatic carbocycles. The summed E-state index contributed by atoms with van der Waals surface area (Å²) in [7, 11) is 0. The van der Waals surface area contributed by atoms with Gasteiger partial charge in [-0.2, -0.15) is 0 Å². The number of fused-ring (bicyclic) bond motifs is 4. The number of allylic oxidation sites excluding steroid dienone is 2. The van der Waals surface area contributed by atoms with Crippen LogP contribution < -0.4 is 0 Å². The second kappa shape index (κ2) is 5.59. The molecule has 1 aromatic rings. The zero-order chi connectivity index (χ0) is 17.8. The van der Waals surface area contributed by atoms with Gasteiger partial charge < -0.3 is 4.90 Å². The highest BCUT2D eigenvalue weighted by atomic mass is 32.2. The molecule has 3 heterocycles. The van der Waals surface area contributed by atoms with E-state index in [4.69, 9.17) is 0 Å². The Bertz CT molecular complexity index is 847. The summed E-state index contributed by atoms with van der Waals surface area (Å²) >= 11 is 1.40. The van der Waals surface area contributed by atoms with E-state index in [1.54, 1.807) is 36.2 Å². The third-order valence-electron chi connectivity index (χ3n) is 4.94. The zero-order valence-electron chi connectivity index (χ0n) is 14.0. The van der Waals surface area contributed by atoms with E-state index in [9.17, 15) is 14.4 Å². The molecule has 0 aromatic heterocycles. The quantitative estimate of drug-likeness (QED) is 0.778. The standard InChI is InChI=1S/C19H18N2O3S/c1-3-16(22)21-18(24)13-8-4-5-9-14(13)19(21)15-10-6-7-11-20(15)17(23)12(2)25-19/h4-12,15H,3H2,1-2H3. The molecule has 5 nitrogen and oxygen atoms in total. The third kappa shape index (κ3) is 2.00. The predicted molar refractivity (Wildman–Crippen MR) is 95.6 cm³/mol. The van der Waals surface area contributed by atoms with Gasteiger partial charge >= 0.3 is 0 Å². The van der Waals surface area contributed by atoms with Gasteiger partial charge in [-0.3, -0.25) is 19.3 Å². The summed E-state index contributed by atoms with van der Waals surface area (Å²) in [6.07, 6.45) is 7.55. The normalized spacial score (nSPS) is 30.0. The van der Waals surface area contributed by atoms with Gasteiger partial charge in [0.05, 0.1) is 11.3 Å². The second-order valence-electron chi connectivity index (χ2n) is 6.31. The van der Waals surface area contributed by atoms with Gasteiger partial charge in [0.1, 0.15) is 4.87 Å². The first-order chi connectivity index (χ1) is 12.0. The van der Waals surface area contributed by atoms with Crippen LogP contribution in [-0.2, 0) is 14.5 Å². The van der Waals surface area contributed by atoms with Crippen LogP contribution in [0.2, 0.25) is 0 Å². The monoisotopic (exact) mass is 354 g/mol. The molecule has 3 aliphatic rings. The maximum absolute atomic E-state index is 13.1. The van der Waals surface area contributed by atoms with E-state index in [-0.39, 0.29) is 29.4 Å². The molecule has 3 atom stereocenters. The molecule has 0 N–H and O–H groups in total. The van der Waals surface area contributed by atoms with Crippen LogP contribution in [0.25, 0.3) is 0 Å². The minimum Gasteiger partial charge on any atom is -0.308 e. The average Bonchev–Trinajstić information content (AvgIpc) is 2.89. The highest BCUT2D eigenvalue weighted by molar-refractivity contribution is 8.01. The lowest BCUT2D eigenvalue weighted by molar-refractivity contribution is -0.137. The van der Waals surface area contributed by atoms with E-state index in [0.717, 1.165) is 5.56 Å². The number of hydrogen-bond acceptors (Lipinski definition) is 4. The van der Waals surface area contributed by atoms with Crippen LogP contribution in [0.15, 0.2) is 48.7 Å². The van der Waals surface area contributed by atoms with Gasteiger partial charge in [0.25, 0.3) is 5.91 Å². The van der Waals surface area contributed by atoms with E-state index in [1.165, 1.54) is 16.7 Å². The molecular formula is C19H18N2O3S. The van der Waals surface area contributed by atoms with Crippen molar-refractivity contribution in [1.29, 1.82) is 0 Å². The Morgan fingerprint density at radius 2 is 2.00 bits per heavy atom. The molecule has 0 radical (unpaired) electrons. The van der Waals surface area contributed by atoms with Crippen LogP contribution >= 0.6 is 11.8 Å². The Labute approximate surface area is 150 Å². The van der Waals surface area contributed by atoms with Crippen molar-refractivity contribution in [1.82, 2.24) is 9.80 Å². The predicted octanol–water partition coefficient (Wildman–Crippen LogP) is 2.65. The smallest absolute Gasteiger partial charge is 0.262 e. The van der Waals surface area contributed by atoms with Crippen LogP contribution in [0.1, 0.15) is 36.2 Å². The van der Waals surface area contributed by atoms with Crippen molar-refractivity contribution in [3.8, 4) is 0 Å². The number of carbonyl (C=O) groups is 3. The van der Waals surface area contributed by atoms with Crippen LogP contribution in [-0.4, -0.2) is 38.8 Å². The minimum atomic E-state index is -0.921. The summed E-state index contributed by atoms with van der Waals surface area (Å²) in [5.74, 6) is -0.514. The molecule has 0 aliphatic carbocycles. The Balaban J connectivity index is 1.99. The Morgan fingerprint density at radius 1 is 1.24 bits per heavy atom. The minimum absolute atomic E-state index is 0.0121. The first kappa shape index (κ1) is 16.1. The van der Waals surface area contributed by atoms with Crippen LogP contribution in [0.3, 0.4) is 0 Å². The lowest BCUT2D eigenvalue weighted by Gasteiger charge is -2.51. The first-order valence-corrected chi connectivity index (χ1v) is 9.22. The average molecular weight is 354 g/mol. The molecule has 1 fully saturated rings. The van der Waals surface area contributed by atoms with Gasteiger partial charge in [-0.05, 0) is 19.1 Å². The molecule has 0 saturated carbocycles. The Hall–Kier alpha value is -2.34. The Kier molecular flexibility index (Phi) is 3.61. The molecule has 128 valence electrons. The summed E-state index contributed by atoms with van der Waals surface area (Å²) in [5, 5.41) is -0.362. The highest BCUT2D eigenvalue weighted by Crippen LogP contribution is 2.56. The molecular weight excluding hydrogens is 336 g/mol. The van der Waals surface area contributed by atoms with E-state index >= 15 is 0 Å². The largest absolute Gasteiger partial charge is 0.308 e. The van der Waals surface area contributed by atoms with Gasteiger partial charge in [0.15, 0.2) is 0 Å². The molecule has 1 spiro atoms. The summed E-state index contributed by atoms with van der Waals surface area (Å²) in [6.45, 7) is 3.58. The lowest BCUT2D eigenvalue weighted by atomic mass is 9.94. The topological polar surface area (TPSA) is 57.7 Å². The molecule has 4 rings (SSSR count). The molecule has 0 bridgehead atoms. The maximum Gasteiger partial charge on any atom is 0.262 e. The number of benzene rings is 1.